The quantitative estimate of drug-likeness (QED) is 0.387. The van der Waals surface area contributed by atoms with Crippen LogP contribution in [0.4, 0.5) is 30.5 Å². The minimum Gasteiger partial charge on any atom is -0.365 e. The van der Waals surface area contributed by atoms with Gasteiger partial charge in [0.1, 0.15) is 12.4 Å². The normalized spacial score (nSPS) is 15.6. The van der Waals surface area contributed by atoms with Crippen molar-refractivity contribution < 1.29 is 18.0 Å². The van der Waals surface area contributed by atoms with Gasteiger partial charge < -0.3 is 22.1 Å². The number of rotatable bonds is 9. The van der Waals surface area contributed by atoms with Gasteiger partial charge in [-0.2, -0.15) is 5.10 Å². The SMILES string of the molecule is Cc1nn(CC(F)F)c2ccc(Nc3nc(N[C@H](C)[C@H](N)C4CC4)c(F)cc3C(N)=O)cc12. The van der Waals surface area contributed by atoms with E-state index >= 15 is 0 Å². The number of halogens is 3. The zero-order valence-electron chi connectivity index (χ0n) is 18.3. The van der Waals surface area contributed by atoms with Gasteiger partial charge >= 0.3 is 0 Å². The minimum absolute atomic E-state index is 0.0480. The molecule has 4 rings (SSSR count). The predicted molar refractivity (Wildman–Crippen MR) is 120 cm³/mol. The molecule has 3 aromatic rings. The van der Waals surface area contributed by atoms with E-state index in [2.05, 4.69) is 20.7 Å². The van der Waals surface area contributed by atoms with Crippen LogP contribution in [0.25, 0.3) is 10.9 Å². The number of aromatic nitrogens is 3. The van der Waals surface area contributed by atoms with Crippen molar-refractivity contribution in [3.05, 3.63) is 41.3 Å². The second-order valence-electron chi connectivity index (χ2n) is 8.44. The molecule has 1 amide bonds. The van der Waals surface area contributed by atoms with Gasteiger partial charge in [-0.05, 0) is 56.9 Å². The van der Waals surface area contributed by atoms with Gasteiger partial charge in [0.2, 0.25) is 0 Å². The number of hydrogen-bond acceptors (Lipinski definition) is 6. The first-order valence-corrected chi connectivity index (χ1v) is 10.7. The Kier molecular flexibility index (Phi) is 6.15. The fourth-order valence-corrected chi connectivity index (χ4v) is 3.90. The van der Waals surface area contributed by atoms with Crippen molar-refractivity contribution in [1.29, 1.82) is 0 Å². The summed E-state index contributed by atoms with van der Waals surface area (Å²) in [5.41, 5.74) is 13.1. The number of fused-ring (bicyclic) bond motifs is 1. The molecule has 0 saturated heterocycles. The Morgan fingerprint density at radius 2 is 2.00 bits per heavy atom. The average Bonchev–Trinajstić information content (AvgIpc) is 3.55. The summed E-state index contributed by atoms with van der Waals surface area (Å²) < 4.78 is 41.6. The van der Waals surface area contributed by atoms with Gasteiger partial charge in [0.15, 0.2) is 11.6 Å². The summed E-state index contributed by atoms with van der Waals surface area (Å²) in [5.74, 6) is -1.15. The number of nitrogens with two attached hydrogens (primary N) is 2. The molecule has 1 aromatic carbocycles. The monoisotopic (exact) mass is 461 g/mol. The summed E-state index contributed by atoms with van der Waals surface area (Å²) in [6.07, 6.45) is -0.438. The number of carbonyl (C=O) groups is 1. The molecule has 0 bridgehead atoms. The maximum absolute atomic E-state index is 14.7. The first-order chi connectivity index (χ1) is 15.6. The Labute approximate surface area is 188 Å². The first kappa shape index (κ1) is 22.8. The highest BCUT2D eigenvalue weighted by molar-refractivity contribution is 5.99. The number of primary amides is 1. The molecule has 8 nitrogen and oxygen atoms in total. The van der Waals surface area contributed by atoms with Crippen LogP contribution in [0.15, 0.2) is 24.3 Å². The van der Waals surface area contributed by atoms with Crippen LogP contribution in [0, 0.1) is 18.7 Å². The second-order valence-corrected chi connectivity index (χ2v) is 8.44. The van der Waals surface area contributed by atoms with Crippen molar-refractivity contribution in [2.45, 2.75) is 51.7 Å². The molecular weight excluding hydrogens is 435 g/mol. The van der Waals surface area contributed by atoms with Crippen LogP contribution in [-0.2, 0) is 6.54 Å². The van der Waals surface area contributed by atoms with Crippen LogP contribution in [0.3, 0.4) is 0 Å². The van der Waals surface area contributed by atoms with E-state index in [1.165, 1.54) is 4.68 Å². The second kappa shape index (κ2) is 8.89. The molecule has 6 N–H and O–H groups in total. The number of hydrogen-bond donors (Lipinski definition) is 4. The Hall–Kier alpha value is -3.34. The largest absolute Gasteiger partial charge is 0.365 e. The molecule has 1 aliphatic rings. The van der Waals surface area contributed by atoms with E-state index in [-0.39, 0.29) is 29.3 Å². The van der Waals surface area contributed by atoms with Crippen LogP contribution < -0.4 is 22.1 Å². The van der Waals surface area contributed by atoms with Crippen molar-refractivity contribution in [1.82, 2.24) is 14.8 Å². The summed E-state index contributed by atoms with van der Waals surface area (Å²) in [7, 11) is 0. The third kappa shape index (κ3) is 4.87. The lowest BCUT2D eigenvalue weighted by Crippen LogP contribution is -2.40. The van der Waals surface area contributed by atoms with E-state index in [0.717, 1.165) is 18.9 Å². The highest BCUT2D eigenvalue weighted by Gasteiger charge is 2.32. The van der Waals surface area contributed by atoms with Crippen LogP contribution in [0.2, 0.25) is 0 Å². The molecule has 0 aliphatic heterocycles. The van der Waals surface area contributed by atoms with E-state index in [1.807, 2.05) is 6.92 Å². The van der Waals surface area contributed by atoms with Crippen LogP contribution in [0.1, 0.15) is 35.8 Å². The lowest BCUT2D eigenvalue weighted by atomic mass is 10.1. The highest BCUT2D eigenvalue weighted by atomic mass is 19.3. The lowest BCUT2D eigenvalue weighted by Gasteiger charge is -2.22. The molecule has 2 aromatic heterocycles. The third-order valence-corrected chi connectivity index (χ3v) is 5.86. The molecule has 2 atom stereocenters. The maximum atomic E-state index is 14.7. The molecule has 33 heavy (non-hydrogen) atoms. The van der Waals surface area contributed by atoms with Crippen LogP contribution in [0.5, 0.6) is 0 Å². The Morgan fingerprint density at radius 1 is 1.27 bits per heavy atom. The Balaban J connectivity index is 1.65. The molecule has 2 heterocycles. The summed E-state index contributed by atoms with van der Waals surface area (Å²) >= 11 is 0. The van der Waals surface area contributed by atoms with E-state index in [1.54, 1.807) is 25.1 Å². The number of nitrogens with one attached hydrogen (secondary N) is 2. The fraction of sp³-hybridized carbons (Fsp3) is 0.409. The van der Waals surface area contributed by atoms with E-state index in [4.69, 9.17) is 11.5 Å². The Bertz CT molecular complexity index is 1190. The van der Waals surface area contributed by atoms with E-state index in [0.29, 0.717) is 28.2 Å². The number of benzene rings is 1. The van der Waals surface area contributed by atoms with Crippen molar-refractivity contribution >= 4 is 34.1 Å². The molecular formula is C22H26F3N7O. The maximum Gasteiger partial charge on any atom is 0.257 e. The number of nitrogens with zero attached hydrogens (tertiary/aromatic N) is 3. The van der Waals surface area contributed by atoms with Gasteiger partial charge in [-0.15, -0.1) is 0 Å². The van der Waals surface area contributed by atoms with Crippen LogP contribution in [-0.4, -0.2) is 39.2 Å². The molecule has 176 valence electrons. The minimum atomic E-state index is -2.53. The zero-order valence-corrected chi connectivity index (χ0v) is 18.3. The van der Waals surface area contributed by atoms with Gasteiger partial charge in [-0.1, -0.05) is 0 Å². The summed E-state index contributed by atoms with van der Waals surface area (Å²) in [4.78, 5) is 16.2. The van der Waals surface area contributed by atoms with Gasteiger partial charge in [0, 0.05) is 23.2 Å². The molecule has 1 fully saturated rings. The fourth-order valence-electron chi connectivity index (χ4n) is 3.90. The number of aryl methyl sites for hydroxylation is 1. The van der Waals surface area contributed by atoms with Gasteiger partial charge in [-0.25, -0.2) is 18.2 Å². The number of carbonyl (C=O) groups excluding carboxylic acids is 1. The van der Waals surface area contributed by atoms with Crippen LogP contribution >= 0.6 is 0 Å². The average molecular weight is 461 g/mol. The summed E-state index contributed by atoms with van der Waals surface area (Å²) in [5, 5.41) is 10.8. The molecule has 11 heteroatoms. The predicted octanol–water partition coefficient (Wildman–Crippen LogP) is 3.52. The van der Waals surface area contributed by atoms with E-state index < -0.39 is 24.7 Å². The number of alkyl halides is 2. The molecule has 1 aliphatic carbocycles. The Morgan fingerprint density at radius 3 is 2.64 bits per heavy atom. The summed E-state index contributed by atoms with van der Waals surface area (Å²) in [6.45, 7) is 3.05. The standard InChI is InChI=1S/C22H26F3N7O/c1-10-14-7-13(5-6-17(14)32(31-10)9-18(24)25)29-21-15(20(27)33)8-16(23)22(30-21)28-11(2)19(26)12-3-4-12/h5-8,11-12,18-19H,3-4,9,26H2,1-2H3,(H2,27,33)(H2,28,29,30)/t11-,19+/m1/s1. The number of pyridine rings is 1. The lowest BCUT2D eigenvalue weighted by molar-refractivity contribution is 0.1000. The number of amides is 1. The topological polar surface area (TPSA) is 124 Å². The number of anilines is 3. The van der Waals surface area contributed by atoms with Gasteiger partial charge in [0.05, 0.1) is 16.8 Å². The zero-order chi connectivity index (χ0) is 23.9. The molecule has 1 saturated carbocycles. The first-order valence-electron chi connectivity index (χ1n) is 10.7. The molecule has 0 spiro atoms. The summed E-state index contributed by atoms with van der Waals surface area (Å²) in [6, 6.07) is 5.64. The van der Waals surface area contributed by atoms with Crippen molar-refractivity contribution in [2.24, 2.45) is 17.4 Å². The van der Waals surface area contributed by atoms with Crippen molar-refractivity contribution in [3.63, 3.8) is 0 Å². The van der Waals surface area contributed by atoms with Gasteiger partial charge in [-0.3, -0.25) is 9.48 Å². The molecule has 0 unspecified atom stereocenters. The van der Waals surface area contributed by atoms with Crippen molar-refractivity contribution in [2.75, 3.05) is 10.6 Å². The third-order valence-electron chi connectivity index (χ3n) is 5.86. The smallest absolute Gasteiger partial charge is 0.257 e. The van der Waals surface area contributed by atoms with E-state index in [9.17, 15) is 18.0 Å². The molecule has 0 radical (unpaired) electrons. The van der Waals surface area contributed by atoms with Crippen molar-refractivity contribution in [3.8, 4) is 0 Å². The van der Waals surface area contributed by atoms with Gasteiger partial charge in [0.25, 0.3) is 12.3 Å². The highest BCUT2D eigenvalue weighted by Crippen LogP contribution is 2.34.